The molecule has 0 aliphatic heterocycles. The number of halogens is 3. The number of hydrogen-bond acceptors (Lipinski definition) is 5. The van der Waals surface area contributed by atoms with Crippen LogP contribution >= 0.6 is 0 Å². The van der Waals surface area contributed by atoms with E-state index in [0.717, 1.165) is 53.9 Å². The van der Waals surface area contributed by atoms with Gasteiger partial charge in [0, 0.05) is 0 Å². The van der Waals surface area contributed by atoms with E-state index in [2.05, 4.69) is 6.92 Å². The molecule has 0 fully saturated rings. The van der Waals surface area contributed by atoms with Gasteiger partial charge in [-0.25, -0.2) is 4.79 Å². The minimum atomic E-state index is -4.58. The summed E-state index contributed by atoms with van der Waals surface area (Å²) in [4.78, 5) is 25.7. The Morgan fingerprint density at radius 3 is 1.90 bits per heavy atom. The molecule has 51 heavy (non-hydrogen) atoms. The standard InChI is InChI=1S/C43H55F3O5/c1-3-5-7-9-10-11-12-13-15-29-49-38-26-23-33(24-27-38)32-17-19-34(20-18-32)41(47)50-39-28-25-35-30-37(22-21-36(35)31-39)42(48)51-40(43(44,45)46)16-14-8-6-4-2/h17-20,23-28,31,37,40H,3-16,21-22,29-30H2,1-2H3/t37?,40-/m1/s1. The highest BCUT2D eigenvalue weighted by Gasteiger charge is 2.43. The van der Waals surface area contributed by atoms with E-state index in [1.807, 2.05) is 43.3 Å². The second kappa shape index (κ2) is 20.9. The van der Waals surface area contributed by atoms with E-state index in [4.69, 9.17) is 14.2 Å². The van der Waals surface area contributed by atoms with Crippen molar-refractivity contribution in [1.29, 1.82) is 0 Å². The molecule has 0 N–H and O–H groups in total. The van der Waals surface area contributed by atoms with Gasteiger partial charge in [0.05, 0.1) is 18.1 Å². The van der Waals surface area contributed by atoms with Crippen LogP contribution in [0.5, 0.6) is 11.5 Å². The van der Waals surface area contributed by atoms with Crippen molar-refractivity contribution in [2.75, 3.05) is 6.61 Å². The van der Waals surface area contributed by atoms with Crippen LogP contribution in [0.2, 0.25) is 0 Å². The van der Waals surface area contributed by atoms with E-state index in [-0.39, 0.29) is 12.8 Å². The van der Waals surface area contributed by atoms with Gasteiger partial charge in [-0.15, -0.1) is 0 Å². The number of benzene rings is 3. The van der Waals surface area contributed by atoms with E-state index in [1.165, 1.54) is 51.4 Å². The molecular weight excluding hydrogens is 653 g/mol. The molecular formula is C43H55F3O5. The van der Waals surface area contributed by atoms with Crippen molar-refractivity contribution in [2.24, 2.45) is 5.92 Å². The van der Waals surface area contributed by atoms with Crippen LogP contribution in [0.25, 0.3) is 11.1 Å². The lowest BCUT2D eigenvalue weighted by Crippen LogP contribution is -2.37. The van der Waals surface area contributed by atoms with E-state index in [1.54, 1.807) is 30.3 Å². The Morgan fingerprint density at radius 2 is 1.27 bits per heavy atom. The first-order chi connectivity index (χ1) is 24.7. The number of hydrogen-bond donors (Lipinski definition) is 0. The third-order valence-corrected chi connectivity index (χ3v) is 9.72. The molecule has 2 atom stereocenters. The number of carbonyl (C=O) groups excluding carboxylic acids is 2. The number of aryl methyl sites for hydroxylation is 1. The maximum Gasteiger partial charge on any atom is 0.425 e. The van der Waals surface area contributed by atoms with Gasteiger partial charge in [-0.2, -0.15) is 13.2 Å². The van der Waals surface area contributed by atoms with Gasteiger partial charge in [0.1, 0.15) is 11.5 Å². The lowest BCUT2D eigenvalue weighted by molar-refractivity contribution is -0.225. The Balaban J connectivity index is 1.21. The number of fused-ring (bicyclic) bond motifs is 1. The lowest BCUT2D eigenvalue weighted by Gasteiger charge is -2.27. The summed E-state index contributed by atoms with van der Waals surface area (Å²) in [6, 6.07) is 20.4. The highest BCUT2D eigenvalue weighted by molar-refractivity contribution is 5.91. The van der Waals surface area contributed by atoms with Crippen LogP contribution in [0.15, 0.2) is 66.7 Å². The fourth-order valence-corrected chi connectivity index (χ4v) is 6.59. The topological polar surface area (TPSA) is 61.8 Å². The Hall–Kier alpha value is -3.81. The van der Waals surface area contributed by atoms with Gasteiger partial charge >= 0.3 is 18.1 Å². The van der Waals surface area contributed by atoms with Gasteiger partial charge in [0.15, 0.2) is 6.10 Å². The summed E-state index contributed by atoms with van der Waals surface area (Å²) >= 11 is 0. The van der Waals surface area contributed by atoms with Crippen molar-refractivity contribution in [1.82, 2.24) is 0 Å². The molecule has 0 saturated carbocycles. The Kier molecular flexibility index (Phi) is 16.4. The largest absolute Gasteiger partial charge is 0.494 e. The average molecular weight is 709 g/mol. The van der Waals surface area contributed by atoms with Crippen LogP contribution in [0.3, 0.4) is 0 Å². The summed E-state index contributed by atoms with van der Waals surface area (Å²) in [6.45, 7) is 4.95. The molecule has 3 aromatic rings. The molecule has 8 heteroatoms. The highest BCUT2D eigenvalue weighted by Crippen LogP contribution is 2.33. The number of ether oxygens (including phenoxy) is 3. The van der Waals surface area contributed by atoms with Crippen LogP contribution in [0.1, 0.15) is 132 Å². The van der Waals surface area contributed by atoms with Gasteiger partial charge < -0.3 is 14.2 Å². The molecule has 0 bridgehead atoms. The van der Waals surface area contributed by atoms with E-state index >= 15 is 0 Å². The zero-order valence-electron chi connectivity index (χ0n) is 30.4. The minimum Gasteiger partial charge on any atom is -0.494 e. The van der Waals surface area contributed by atoms with Crippen LogP contribution in [0.4, 0.5) is 13.2 Å². The smallest absolute Gasteiger partial charge is 0.425 e. The normalized spacial score (nSPS) is 14.8. The molecule has 1 aliphatic carbocycles. The summed E-state index contributed by atoms with van der Waals surface area (Å²) < 4.78 is 57.3. The number of unbranched alkanes of at least 4 members (excludes halogenated alkanes) is 11. The number of rotatable bonds is 21. The molecule has 5 nitrogen and oxygen atoms in total. The number of carbonyl (C=O) groups is 2. The first kappa shape index (κ1) is 40.0. The summed E-state index contributed by atoms with van der Waals surface area (Å²) in [7, 11) is 0. The molecule has 0 spiro atoms. The summed E-state index contributed by atoms with van der Waals surface area (Å²) in [5, 5.41) is 0. The fraction of sp³-hybridized carbons (Fsp3) is 0.535. The zero-order valence-corrected chi connectivity index (χ0v) is 30.4. The maximum atomic E-state index is 13.6. The lowest BCUT2D eigenvalue weighted by atomic mass is 9.84. The van der Waals surface area contributed by atoms with Crippen molar-refractivity contribution in [3.8, 4) is 22.6 Å². The summed E-state index contributed by atoms with van der Waals surface area (Å²) in [5.41, 5.74) is 4.15. The van der Waals surface area contributed by atoms with Gasteiger partial charge in [0.25, 0.3) is 0 Å². The van der Waals surface area contributed by atoms with E-state index in [0.29, 0.717) is 37.0 Å². The zero-order chi connectivity index (χ0) is 36.5. The highest BCUT2D eigenvalue weighted by atomic mass is 19.4. The van der Waals surface area contributed by atoms with Crippen molar-refractivity contribution in [3.05, 3.63) is 83.4 Å². The fourth-order valence-electron chi connectivity index (χ4n) is 6.59. The predicted molar refractivity (Wildman–Crippen MR) is 196 cm³/mol. The van der Waals surface area contributed by atoms with Crippen molar-refractivity contribution < 1.29 is 37.0 Å². The molecule has 1 aliphatic rings. The maximum absolute atomic E-state index is 13.6. The van der Waals surface area contributed by atoms with Gasteiger partial charge in [-0.05, 0) is 97.2 Å². The molecule has 4 rings (SSSR count). The van der Waals surface area contributed by atoms with E-state index in [9.17, 15) is 22.8 Å². The van der Waals surface area contributed by atoms with Gasteiger partial charge in [-0.1, -0.05) is 115 Å². The summed E-state index contributed by atoms with van der Waals surface area (Å²) in [5.74, 6) is -0.700. The first-order valence-electron chi connectivity index (χ1n) is 19.1. The Labute approximate surface area is 302 Å². The molecule has 0 aromatic heterocycles. The molecule has 0 saturated heterocycles. The Bertz CT molecular complexity index is 1480. The van der Waals surface area contributed by atoms with Crippen LogP contribution in [0, 0.1) is 5.92 Å². The third-order valence-electron chi connectivity index (χ3n) is 9.72. The summed E-state index contributed by atoms with van der Waals surface area (Å²) in [6.07, 6.45) is 8.61. The van der Waals surface area contributed by atoms with Crippen molar-refractivity contribution >= 4 is 11.9 Å². The minimum absolute atomic E-state index is 0.210. The first-order valence-corrected chi connectivity index (χ1v) is 19.1. The second-order valence-electron chi connectivity index (χ2n) is 13.9. The molecule has 3 aromatic carbocycles. The predicted octanol–water partition coefficient (Wildman–Crippen LogP) is 12.0. The molecule has 1 unspecified atom stereocenters. The average Bonchev–Trinajstić information content (AvgIpc) is 3.13. The van der Waals surface area contributed by atoms with E-state index < -0.39 is 30.1 Å². The molecule has 0 radical (unpaired) electrons. The second-order valence-corrected chi connectivity index (χ2v) is 13.9. The SMILES string of the molecule is CCCCCCCCCCCOc1ccc(-c2ccc(C(=O)Oc3ccc4c(c3)CCC(C(=O)O[C@H](CCCCCC)C(F)(F)F)C4)cc2)cc1. The third kappa shape index (κ3) is 13.4. The number of alkyl halides is 3. The number of esters is 2. The van der Waals surface area contributed by atoms with Gasteiger partial charge in [0.2, 0.25) is 0 Å². The van der Waals surface area contributed by atoms with Crippen molar-refractivity contribution in [3.63, 3.8) is 0 Å². The molecule has 0 heterocycles. The van der Waals surface area contributed by atoms with Crippen LogP contribution in [-0.2, 0) is 22.4 Å². The molecule has 0 amide bonds. The quantitative estimate of drug-likeness (QED) is 0.0626. The van der Waals surface area contributed by atoms with Crippen LogP contribution < -0.4 is 9.47 Å². The van der Waals surface area contributed by atoms with Gasteiger partial charge in [-0.3, -0.25) is 4.79 Å². The van der Waals surface area contributed by atoms with Crippen molar-refractivity contribution in [2.45, 2.75) is 135 Å². The van der Waals surface area contributed by atoms with Crippen LogP contribution in [-0.4, -0.2) is 30.8 Å². The molecule has 278 valence electrons. The monoisotopic (exact) mass is 708 g/mol. The Morgan fingerprint density at radius 1 is 0.706 bits per heavy atom.